The summed E-state index contributed by atoms with van der Waals surface area (Å²) in [5.41, 5.74) is 1.72. The highest BCUT2D eigenvalue weighted by Crippen LogP contribution is 2.59. The molecule has 0 bridgehead atoms. The number of benzene rings is 1. The fraction of sp³-hybridized carbons (Fsp3) is 0.632. The Balaban J connectivity index is 0.00000156. The molecule has 2 atom stereocenters. The number of carbonyl (C=O) groups is 1. The van der Waals surface area contributed by atoms with Gasteiger partial charge in [0.05, 0.1) is 0 Å². The highest BCUT2D eigenvalue weighted by atomic mass is 35.5. The van der Waals surface area contributed by atoms with Crippen molar-refractivity contribution in [2.75, 3.05) is 19.6 Å². The van der Waals surface area contributed by atoms with Crippen molar-refractivity contribution in [3.8, 4) is 0 Å². The first-order chi connectivity index (χ1) is 10.8. The molecule has 1 spiro atoms. The van der Waals surface area contributed by atoms with E-state index in [1.54, 1.807) is 0 Å². The smallest absolute Gasteiger partial charge is 0.226 e. The van der Waals surface area contributed by atoms with Crippen molar-refractivity contribution >= 4 is 18.3 Å². The molecule has 2 heterocycles. The Morgan fingerprint density at radius 3 is 2.70 bits per heavy atom. The summed E-state index contributed by atoms with van der Waals surface area (Å²) in [6, 6.07) is 11.1. The monoisotopic (exact) mass is 334 g/mol. The third-order valence-electron chi connectivity index (χ3n) is 6.06. The van der Waals surface area contributed by atoms with Crippen LogP contribution in [0, 0.1) is 11.3 Å². The zero-order valence-electron chi connectivity index (χ0n) is 13.7. The summed E-state index contributed by atoms with van der Waals surface area (Å²) in [5, 5.41) is 3.43. The van der Waals surface area contributed by atoms with Crippen LogP contribution < -0.4 is 5.32 Å². The summed E-state index contributed by atoms with van der Waals surface area (Å²) in [6.45, 7) is 3.16. The molecule has 1 aliphatic carbocycles. The molecule has 4 rings (SSSR count). The third kappa shape index (κ3) is 3.27. The van der Waals surface area contributed by atoms with Gasteiger partial charge in [0.25, 0.3) is 0 Å². The molecule has 1 N–H and O–H groups in total. The third-order valence-corrected chi connectivity index (χ3v) is 6.06. The average molecular weight is 335 g/mol. The van der Waals surface area contributed by atoms with Crippen molar-refractivity contribution in [2.45, 2.75) is 44.6 Å². The molecule has 2 saturated heterocycles. The van der Waals surface area contributed by atoms with E-state index < -0.39 is 0 Å². The van der Waals surface area contributed by atoms with Gasteiger partial charge in [0, 0.05) is 18.5 Å². The predicted octanol–water partition coefficient (Wildman–Crippen LogP) is 3.03. The lowest BCUT2D eigenvalue weighted by atomic mass is 9.91. The van der Waals surface area contributed by atoms with E-state index in [4.69, 9.17) is 0 Å². The Hall–Kier alpha value is -1.06. The van der Waals surface area contributed by atoms with Crippen LogP contribution in [0.5, 0.6) is 0 Å². The van der Waals surface area contributed by atoms with Crippen LogP contribution in [0.4, 0.5) is 0 Å². The van der Waals surface area contributed by atoms with Crippen LogP contribution in [0.15, 0.2) is 30.3 Å². The topological polar surface area (TPSA) is 32.3 Å². The summed E-state index contributed by atoms with van der Waals surface area (Å²) >= 11 is 0. The van der Waals surface area contributed by atoms with Crippen molar-refractivity contribution in [3.63, 3.8) is 0 Å². The predicted molar refractivity (Wildman–Crippen MR) is 94.8 cm³/mol. The van der Waals surface area contributed by atoms with Gasteiger partial charge in [-0.05, 0) is 62.6 Å². The normalized spacial score (nSPS) is 28.4. The van der Waals surface area contributed by atoms with Gasteiger partial charge >= 0.3 is 0 Å². The maximum atomic E-state index is 13.0. The van der Waals surface area contributed by atoms with Crippen LogP contribution >= 0.6 is 12.4 Å². The number of halogens is 1. The maximum Gasteiger partial charge on any atom is 0.226 e. The number of piperidine rings is 1. The minimum Gasteiger partial charge on any atom is -0.339 e. The molecule has 3 nitrogen and oxygen atoms in total. The standard InChI is InChI=1S/C19H26N2O.ClH/c22-18(17-14-19(17)8-10-20-11-9-19)21-12-4-7-16(21)13-15-5-2-1-3-6-15;/h1-3,5-6,16-17,20H,4,7-14H2;1H. The van der Waals surface area contributed by atoms with Gasteiger partial charge in [-0.2, -0.15) is 0 Å². The van der Waals surface area contributed by atoms with Crippen LogP contribution in [0.2, 0.25) is 0 Å². The number of amides is 1. The lowest BCUT2D eigenvalue weighted by Gasteiger charge is -2.28. The Kier molecular flexibility index (Phi) is 4.98. The number of carbonyl (C=O) groups excluding carboxylic acids is 1. The quantitative estimate of drug-likeness (QED) is 0.921. The number of hydrogen-bond acceptors (Lipinski definition) is 2. The first-order valence-corrected chi connectivity index (χ1v) is 8.84. The van der Waals surface area contributed by atoms with E-state index in [2.05, 4.69) is 40.5 Å². The number of likely N-dealkylation sites (tertiary alicyclic amines) is 1. The molecule has 2 unspecified atom stereocenters. The van der Waals surface area contributed by atoms with Gasteiger partial charge in [0.15, 0.2) is 0 Å². The molecular formula is C19H27ClN2O. The Morgan fingerprint density at radius 1 is 1.22 bits per heavy atom. The molecule has 3 fully saturated rings. The van der Waals surface area contributed by atoms with E-state index in [1.165, 1.54) is 31.2 Å². The number of nitrogens with one attached hydrogen (secondary N) is 1. The van der Waals surface area contributed by atoms with E-state index in [1.807, 2.05) is 0 Å². The van der Waals surface area contributed by atoms with E-state index in [9.17, 15) is 4.79 Å². The van der Waals surface area contributed by atoms with E-state index in [-0.39, 0.29) is 12.4 Å². The van der Waals surface area contributed by atoms with Crippen molar-refractivity contribution in [1.82, 2.24) is 10.2 Å². The zero-order valence-corrected chi connectivity index (χ0v) is 14.5. The summed E-state index contributed by atoms with van der Waals surface area (Å²) in [7, 11) is 0. The van der Waals surface area contributed by atoms with E-state index >= 15 is 0 Å². The van der Waals surface area contributed by atoms with Crippen molar-refractivity contribution in [3.05, 3.63) is 35.9 Å². The number of rotatable bonds is 3. The summed E-state index contributed by atoms with van der Waals surface area (Å²) in [4.78, 5) is 15.2. The molecule has 1 amide bonds. The second kappa shape index (κ2) is 6.82. The highest BCUT2D eigenvalue weighted by molar-refractivity contribution is 5.85. The van der Waals surface area contributed by atoms with Crippen LogP contribution in [-0.4, -0.2) is 36.5 Å². The van der Waals surface area contributed by atoms with Crippen molar-refractivity contribution < 1.29 is 4.79 Å². The van der Waals surface area contributed by atoms with Crippen LogP contribution in [-0.2, 0) is 11.2 Å². The molecule has 1 aromatic carbocycles. The molecular weight excluding hydrogens is 308 g/mol. The Labute approximate surface area is 145 Å². The molecule has 4 heteroatoms. The second-order valence-electron chi connectivity index (χ2n) is 7.39. The van der Waals surface area contributed by atoms with E-state index in [0.29, 0.717) is 23.3 Å². The van der Waals surface area contributed by atoms with Crippen molar-refractivity contribution in [1.29, 1.82) is 0 Å². The van der Waals surface area contributed by atoms with Crippen LogP contribution in [0.3, 0.4) is 0 Å². The van der Waals surface area contributed by atoms with E-state index in [0.717, 1.165) is 32.5 Å². The van der Waals surface area contributed by atoms with Gasteiger partial charge in [-0.1, -0.05) is 30.3 Å². The van der Waals surface area contributed by atoms with Crippen molar-refractivity contribution in [2.24, 2.45) is 11.3 Å². The molecule has 1 saturated carbocycles. The minimum absolute atomic E-state index is 0. The zero-order chi connectivity index (χ0) is 15.0. The molecule has 23 heavy (non-hydrogen) atoms. The molecule has 0 radical (unpaired) electrons. The number of nitrogens with zero attached hydrogens (tertiary/aromatic N) is 1. The van der Waals surface area contributed by atoms with Gasteiger partial charge in [0.2, 0.25) is 5.91 Å². The fourth-order valence-corrected chi connectivity index (χ4v) is 4.60. The van der Waals surface area contributed by atoms with Gasteiger partial charge in [-0.15, -0.1) is 12.4 Å². The Bertz CT molecular complexity index is 542. The molecule has 2 aliphatic heterocycles. The van der Waals surface area contributed by atoms with Crippen LogP contribution in [0.25, 0.3) is 0 Å². The van der Waals surface area contributed by atoms with Crippen LogP contribution in [0.1, 0.15) is 37.7 Å². The Morgan fingerprint density at radius 2 is 1.96 bits per heavy atom. The molecule has 126 valence electrons. The average Bonchev–Trinajstić information content (AvgIpc) is 3.04. The largest absolute Gasteiger partial charge is 0.339 e. The van der Waals surface area contributed by atoms with Gasteiger partial charge in [-0.3, -0.25) is 4.79 Å². The SMILES string of the molecule is Cl.O=C(C1CC12CCNCC2)N1CCCC1Cc1ccccc1. The summed E-state index contributed by atoms with van der Waals surface area (Å²) in [5.74, 6) is 0.784. The fourth-order valence-electron chi connectivity index (χ4n) is 4.60. The summed E-state index contributed by atoms with van der Waals surface area (Å²) in [6.07, 6.45) is 6.89. The van der Waals surface area contributed by atoms with Gasteiger partial charge in [0.1, 0.15) is 0 Å². The first-order valence-electron chi connectivity index (χ1n) is 8.84. The number of hydrogen-bond donors (Lipinski definition) is 1. The molecule has 3 aliphatic rings. The highest BCUT2D eigenvalue weighted by Gasteiger charge is 2.59. The first kappa shape index (κ1) is 16.8. The summed E-state index contributed by atoms with van der Waals surface area (Å²) < 4.78 is 0. The molecule has 0 aromatic heterocycles. The van der Waals surface area contributed by atoms with Gasteiger partial charge in [-0.25, -0.2) is 0 Å². The lowest BCUT2D eigenvalue weighted by Crippen LogP contribution is -2.40. The minimum atomic E-state index is 0. The lowest BCUT2D eigenvalue weighted by molar-refractivity contribution is -0.134. The van der Waals surface area contributed by atoms with Gasteiger partial charge < -0.3 is 10.2 Å². The molecule has 1 aromatic rings. The second-order valence-corrected chi connectivity index (χ2v) is 7.39. The maximum absolute atomic E-state index is 13.0.